The first kappa shape index (κ1) is 21.7. The zero-order chi connectivity index (χ0) is 21.6. The number of nitrogens with one attached hydrogen (secondary N) is 2. The second-order valence-electron chi connectivity index (χ2n) is 6.24. The number of ether oxygens (including phenoxy) is 1. The minimum atomic E-state index is -3.74. The van der Waals surface area contributed by atoms with E-state index in [0.717, 1.165) is 16.3 Å². The number of anilines is 2. The van der Waals surface area contributed by atoms with Crippen LogP contribution in [0.2, 0.25) is 0 Å². The van der Waals surface area contributed by atoms with Crippen LogP contribution in [-0.2, 0) is 10.0 Å². The van der Waals surface area contributed by atoms with Crippen molar-refractivity contribution < 1.29 is 17.9 Å². The predicted octanol–water partition coefficient (Wildman–Crippen LogP) is 4.86. The molecule has 0 aliphatic heterocycles. The third kappa shape index (κ3) is 5.34. The normalized spacial score (nSPS) is 11.0. The molecule has 0 atom stereocenters. The number of para-hydroxylation sites is 1. The van der Waals surface area contributed by atoms with Gasteiger partial charge in [-0.25, -0.2) is 8.42 Å². The van der Waals surface area contributed by atoms with Crippen LogP contribution in [0.1, 0.15) is 17.3 Å². The van der Waals surface area contributed by atoms with Crippen molar-refractivity contribution in [2.75, 3.05) is 22.9 Å². The molecule has 0 radical (unpaired) electrons. The van der Waals surface area contributed by atoms with Crippen LogP contribution < -0.4 is 14.8 Å². The summed E-state index contributed by atoms with van der Waals surface area (Å²) in [7, 11) is -2.23. The van der Waals surface area contributed by atoms with Crippen molar-refractivity contribution in [2.45, 2.75) is 16.7 Å². The summed E-state index contributed by atoms with van der Waals surface area (Å²) in [6.45, 7) is 2.05. The van der Waals surface area contributed by atoms with Gasteiger partial charge in [0.25, 0.3) is 15.9 Å². The quantitative estimate of drug-likeness (QED) is 0.487. The van der Waals surface area contributed by atoms with E-state index in [1.807, 2.05) is 24.3 Å². The zero-order valence-electron chi connectivity index (χ0n) is 16.6. The maximum absolute atomic E-state index is 12.6. The molecule has 3 rings (SSSR count). The van der Waals surface area contributed by atoms with Gasteiger partial charge >= 0.3 is 0 Å². The van der Waals surface area contributed by atoms with Crippen LogP contribution in [0.4, 0.5) is 11.4 Å². The Balaban J connectivity index is 1.70. The lowest BCUT2D eigenvalue weighted by Gasteiger charge is -2.11. The van der Waals surface area contributed by atoms with Crippen molar-refractivity contribution in [3.05, 3.63) is 78.4 Å². The first-order chi connectivity index (χ1) is 14.4. The topological polar surface area (TPSA) is 84.5 Å². The lowest BCUT2D eigenvalue weighted by atomic mass is 10.2. The molecule has 0 aromatic heterocycles. The van der Waals surface area contributed by atoms with Gasteiger partial charge < -0.3 is 10.1 Å². The Morgan fingerprint density at radius 1 is 0.967 bits per heavy atom. The van der Waals surface area contributed by atoms with E-state index < -0.39 is 10.0 Å². The molecule has 0 heterocycles. The number of amides is 1. The monoisotopic (exact) mass is 442 g/mol. The maximum atomic E-state index is 12.6. The Morgan fingerprint density at radius 2 is 1.63 bits per heavy atom. The summed E-state index contributed by atoms with van der Waals surface area (Å²) in [4.78, 5) is 13.7. The van der Waals surface area contributed by atoms with E-state index in [1.54, 1.807) is 48.2 Å². The number of methoxy groups -OCH3 is 1. The average molecular weight is 443 g/mol. The summed E-state index contributed by atoms with van der Waals surface area (Å²) in [5, 5.41) is 2.91. The van der Waals surface area contributed by atoms with E-state index in [2.05, 4.69) is 17.0 Å². The minimum absolute atomic E-state index is 0.121. The molecule has 0 unspecified atom stereocenters. The first-order valence-corrected chi connectivity index (χ1v) is 11.7. The van der Waals surface area contributed by atoms with Crippen molar-refractivity contribution in [2.24, 2.45) is 0 Å². The van der Waals surface area contributed by atoms with Gasteiger partial charge in [-0.05, 0) is 66.4 Å². The average Bonchev–Trinajstić information content (AvgIpc) is 2.75. The van der Waals surface area contributed by atoms with E-state index in [9.17, 15) is 13.2 Å². The van der Waals surface area contributed by atoms with Gasteiger partial charge in [0.2, 0.25) is 0 Å². The summed E-state index contributed by atoms with van der Waals surface area (Å²) >= 11 is 1.65. The van der Waals surface area contributed by atoms with E-state index in [-0.39, 0.29) is 10.8 Å². The third-order valence-corrected chi connectivity index (χ3v) is 6.56. The molecule has 30 heavy (non-hydrogen) atoms. The van der Waals surface area contributed by atoms with Gasteiger partial charge in [-0.15, -0.1) is 11.8 Å². The second-order valence-corrected chi connectivity index (χ2v) is 9.23. The van der Waals surface area contributed by atoms with Crippen LogP contribution >= 0.6 is 11.8 Å². The molecule has 0 spiro atoms. The summed E-state index contributed by atoms with van der Waals surface area (Å²) in [5.41, 5.74) is 1.54. The molecule has 6 nitrogen and oxygen atoms in total. The van der Waals surface area contributed by atoms with Crippen molar-refractivity contribution in [3.8, 4) is 5.75 Å². The van der Waals surface area contributed by atoms with E-state index in [0.29, 0.717) is 17.0 Å². The summed E-state index contributed by atoms with van der Waals surface area (Å²) < 4.78 is 32.6. The SMILES string of the molecule is CCSc1ccccc1NC(=O)c1ccc(NS(=O)(=O)c2ccc(OC)cc2)cc1. The van der Waals surface area contributed by atoms with Gasteiger partial charge in [-0.3, -0.25) is 9.52 Å². The fraction of sp³-hybridized carbons (Fsp3) is 0.136. The Bertz CT molecular complexity index is 1110. The summed E-state index contributed by atoms with van der Waals surface area (Å²) in [6.07, 6.45) is 0. The highest BCUT2D eigenvalue weighted by molar-refractivity contribution is 7.99. The van der Waals surface area contributed by atoms with Crippen LogP contribution in [0.3, 0.4) is 0 Å². The van der Waals surface area contributed by atoms with Crippen LogP contribution in [-0.4, -0.2) is 27.2 Å². The van der Waals surface area contributed by atoms with E-state index in [1.165, 1.54) is 19.2 Å². The Labute approximate surface area is 180 Å². The van der Waals surface area contributed by atoms with Crippen LogP contribution in [0.5, 0.6) is 5.75 Å². The predicted molar refractivity (Wildman–Crippen MR) is 121 cm³/mol. The molecule has 0 aliphatic rings. The largest absolute Gasteiger partial charge is 0.497 e. The van der Waals surface area contributed by atoms with Crippen LogP contribution in [0.15, 0.2) is 82.6 Å². The number of carbonyl (C=O) groups excluding carboxylic acids is 1. The molecule has 0 bridgehead atoms. The van der Waals surface area contributed by atoms with Gasteiger partial charge in [0.15, 0.2) is 0 Å². The molecule has 2 N–H and O–H groups in total. The molecule has 3 aromatic carbocycles. The molecule has 0 saturated carbocycles. The highest BCUT2D eigenvalue weighted by Crippen LogP contribution is 2.27. The molecular weight excluding hydrogens is 420 g/mol. The van der Waals surface area contributed by atoms with E-state index in [4.69, 9.17) is 4.74 Å². The van der Waals surface area contributed by atoms with Crippen molar-refractivity contribution >= 4 is 39.1 Å². The van der Waals surface area contributed by atoms with Crippen LogP contribution in [0.25, 0.3) is 0 Å². The van der Waals surface area contributed by atoms with Crippen molar-refractivity contribution in [3.63, 3.8) is 0 Å². The molecule has 8 heteroatoms. The van der Waals surface area contributed by atoms with Crippen molar-refractivity contribution in [1.82, 2.24) is 0 Å². The highest BCUT2D eigenvalue weighted by Gasteiger charge is 2.15. The molecule has 0 fully saturated rings. The smallest absolute Gasteiger partial charge is 0.261 e. The lowest BCUT2D eigenvalue weighted by molar-refractivity contribution is 0.102. The molecular formula is C22H22N2O4S2. The van der Waals surface area contributed by atoms with Gasteiger partial charge in [0.05, 0.1) is 17.7 Å². The first-order valence-electron chi connectivity index (χ1n) is 9.23. The Morgan fingerprint density at radius 3 is 2.27 bits per heavy atom. The molecule has 1 amide bonds. The number of benzene rings is 3. The number of hydrogen-bond donors (Lipinski definition) is 2. The van der Waals surface area contributed by atoms with E-state index >= 15 is 0 Å². The fourth-order valence-corrected chi connectivity index (χ4v) is 4.52. The number of sulfonamides is 1. The number of thioether (sulfide) groups is 1. The third-order valence-electron chi connectivity index (χ3n) is 4.20. The van der Waals surface area contributed by atoms with Gasteiger partial charge in [0, 0.05) is 16.1 Å². The second kappa shape index (κ2) is 9.69. The summed E-state index contributed by atoms with van der Waals surface area (Å²) in [5.74, 6) is 1.21. The molecule has 0 saturated heterocycles. The lowest BCUT2D eigenvalue weighted by Crippen LogP contribution is -2.14. The highest BCUT2D eigenvalue weighted by atomic mass is 32.2. The van der Waals surface area contributed by atoms with Crippen molar-refractivity contribution in [1.29, 1.82) is 0 Å². The number of rotatable bonds is 8. The van der Waals surface area contributed by atoms with Gasteiger partial charge in [-0.2, -0.15) is 0 Å². The number of hydrogen-bond acceptors (Lipinski definition) is 5. The zero-order valence-corrected chi connectivity index (χ0v) is 18.2. The molecule has 156 valence electrons. The van der Waals surface area contributed by atoms with Gasteiger partial charge in [0.1, 0.15) is 5.75 Å². The Kier molecular flexibility index (Phi) is 7.02. The fourth-order valence-electron chi connectivity index (χ4n) is 2.70. The molecule has 3 aromatic rings. The van der Waals surface area contributed by atoms with Gasteiger partial charge in [-0.1, -0.05) is 19.1 Å². The minimum Gasteiger partial charge on any atom is -0.497 e. The summed E-state index contributed by atoms with van der Waals surface area (Å²) in [6, 6.07) is 20.0. The van der Waals surface area contributed by atoms with Crippen LogP contribution in [0, 0.1) is 0 Å². The number of carbonyl (C=O) groups is 1. The standard InChI is InChI=1S/C22H22N2O4S2/c1-3-29-21-7-5-4-6-20(21)23-22(25)16-8-10-17(11-9-16)24-30(26,27)19-14-12-18(28-2)13-15-19/h4-15,24H,3H2,1-2H3,(H,23,25). The molecule has 0 aliphatic carbocycles. The maximum Gasteiger partial charge on any atom is 0.261 e. The Hall–Kier alpha value is -2.97.